The first-order valence-electron chi connectivity index (χ1n) is 7.37. The van der Waals surface area contributed by atoms with Gasteiger partial charge in [0.25, 0.3) is 0 Å². The first-order valence-corrected chi connectivity index (χ1v) is 7.37. The molecule has 0 bridgehead atoms. The van der Waals surface area contributed by atoms with Crippen molar-refractivity contribution < 1.29 is 9.90 Å². The molecular formula is C16H22N4O2. The number of hydrogen-bond donors (Lipinski definition) is 2. The van der Waals surface area contributed by atoms with Crippen LogP contribution in [-0.2, 0) is 18.3 Å². The molecule has 1 amide bonds. The van der Waals surface area contributed by atoms with E-state index in [9.17, 15) is 9.90 Å². The molecule has 1 aromatic carbocycles. The number of amides is 1. The lowest BCUT2D eigenvalue weighted by Crippen LogP contribution is -2.32. The highest BCUT2D eigenvalue weighted by Gasteiger charge is 2.20. The Morgan fingerprint density at radius 3 is 2.77 bits per heavy atom. The number of nitrogens with one attached hydrogen (secondary N) is 1. The summed E-state index contributed by atoms with van der Waals surface area (Å²) in [7, 11) is 1.82. The molecule has 1 aromatic heterocycles. The van der Waals surface area contributed by atoms with Gasteiger partial charge in [-0.05, 0) is 30.0 Å². The van der Waals surface area contributed by atoms with Gasteiger partial charge in [0, 0.05) is 7.05 Å². The maximum absolute atomic E-state index is 12.3. The van der Waals surface area contributed by atoms with Gasteiger partial charge in [-0.1, -0.05) is 26.0 Å². The molecule has 0 radical (unpaired) electrons. The molecule has 6 heteroatoms. The van der Waals surface area contributed by atoms with E-state index >= 15 is 0 Å². The van der Waals surface area contributed by atoms with Crippen LogP contribution in [0, 0.1) is 5.92 Å². The summed E-state index contributed by atoms with van der Waals surface area (Å²) in [4.78, 5) is 16.5. The Kier molecular flexibility index (Phi) is 5.14. The number of nitrogens with zero attached hydrogens (tertiary/aromatic N) is 3. The van der Waals surface area contributed by atoms with Crippen LogP contribution in [0.15, 0.2) is 30.6 Å². The van der Waals surface area contributed by atoms with Gasteiger partial charge in [0.2, 0.25) is 5.91 Å². The van der Waals surface area contributed by atoms with Gasteiger partial charge in [-0.3, -0.25) is 9.48 Å². The maximum atomic E-state index is 12.3. The third kappa shape index (κ3) is 4.31. The largest absolute Gasteiger partial charge is 0.508 e. The molecule has 2 N–H and O–H groups in total. The predicted octanol–water partition coefficient (Wildman–Crippen LogP) is 1.97. The zero-order chi connectivity index (χ0) is 16.1. The van der Waals surface area contributed by atoms with Gasteiger partial charge in [-0.15, -0.1) is 0 Å². The normalized spacial score (nSPS) is 12.4. The van der Waals surface area contributed by atoms with Gasteiger partial charge < -0.3 is 10.4 Å². The van der Waals surface area contributed by atoms with E-state index in [1.54, 1.807) is 22.9 Å². The van der Waals surface area contributed by atoms with Crippen molar-refractivity contribution in [2.24, 2.45) is 13.0 Å². The summed E-state index contributed by atoms with van der Waals surface area (Å²) in [5.74, 6) is 1.23. The zero-order valence-corrected chi connectivity index (χ0v) is 13.2. The van der Waals surface area contributed by atoms with E-state index in [2.05, 4.69) is 29.2 Å². The fourth-order valence-electron chi connectivity index (χ4n) is 2.42. The third-order valence-corrected chi connectivity index (χ3v) is 3.38. The average molecular weight is 302 g/mol. The standard InChI is InChI=1S/C16H22N4O2/c1-11(2)7-14(16-17-10-18-20(16)3)19-15(22)9-12-5-4-6-13(21)8-12/h4-6,8,10-11,14,21H,7,9H2,1-3H3,(H,19,22). The second kappa shape index (κ2) is 7.06. The highest BCUT2D eigenvalue weighted by Crippen LogP contribution is 2.19. The molecule has 0 aliphatic carbocycles. The molecule has 2 rings (SSSR count). The number of carbonyl (C=O) groups is 1. The van der Waals surface area contributed by atoms with Crippen LogP contribution in [0.1, 0.15) is 37.7 Å². The van der Waals surface area contributed by atoms with Gasteiger partial charge >= 0.3 is 0 Å². The minimum absolute atomic E-state index is 0.0979. The van der Waals surface area contributed by atoms with Crippen molar-refractivity contribution in [2.75, 3.05) is 0 Å². The van der Waals surface area contributed by atoms with Crippen molar-refractivity contribution in [3.8, 4) is 5.75 Å². The van der Waals surface area contributed by atoms with Crippen LogP contribution in [0.3, 0.4) is 0 Å². The van der Waals surface area contributed by atoms with Gasteiger partial charge in [0.15, 0.2) is 0 Å². The molecule has 0 aliphatic heterocycles. The molecule has 0 saturated heterocycles. The van der Waals surface area contributed by atoms with E-state index in [4.69, 9.17) is 0 Å². The molecule has 0 fully saturated rings. The molecule has 0 aliphatic rings. The Morgan fingerprint density at radius 1 is 1.41 bits per heavy atom. The van der Waals surface area contributed by atoms with Crippen LogP contribution in [0.2, 0.25) is 0 Å². The van der Waals surface area contributed by atoms with Crippen LogP contribution in [0.4, 0.5) is 0 Å². The van der Waals surface area contributed by atoms with E-state index in [1.165, 1.54) is 6.33 Å². The summed E-state index contributed by atoms with van der Waals surface area (Å²) in [5, 5.41) is 16.5. The van der Waals surface area contributed by atoms with E-state index in [1.807, 2.05) is 13.1 Å². The van der Waals surface area contributed by atoms with Gasteiger partial charge in [0.1, 0.15) is 17.9 Å². The lowest BCUT2D eigenvalue weighted by atomic mass is 10.0. The van der Waals surface area contributed by atoms with Gasteiger partial charge in [0.05, 0.1) is 12.5 Å². The monoisotopic (exact) mass is 302 g/mol. The van der Waals surface area contributed by atoms with Gasteiger partial charge in [-0.2, -0.15) is 5.10 Å². The fraction of sp³-hybridized carbons (Fsp3) is 0.438. The molecule has 1 atom stereocenters. The van der Waals surface area contributed by atoms with Crippen molar-refractivity contribution in [1.82, 2.24) is 20.1 Å². The molecule has 1 heterocycles. The van der Waals surface area contributed by atoms with Crippen molar-refractivity contribution in [3.63, 3.8) is 0 Å². The summed E-state index contributed by atoms with van der Waals surface area (Å²) in [5.41, 5.74) is 0.777. The van der Waals surface area contributed by atoms with Crippen LogP contribution >= 0.6 is 0 Å². The Labute approximate surface area is 130 Å². The number of phenolic OH excluding ortho intramolecular Hbond substituents is 1. The van der Waals surface area contributed by atoms with Crippen LogP contribution in [-0.4, -0.2) is 25.8 Å². The lowest BCUT2D eigenvalue weighted by molar-refractivity contribution is -0.121. The van der Waals surface area contributed by atoms with E-state index in [0.717, 1.165) is 17.8 Å². The quantitative estimate of drug-likeness (QED) is 0.855. The number of aromatic hydroxyl groups is 1. The molecule has 1 unspecified atom stereocenters. The molecule has 2 aromatic rings. The molecule has 6 nitrogen and oxygen atoms in total. The first kappa shape index (κ1) is 16.0. The van der Waals surface area contributed by atoms with E-state index < -0.39 is 0 Å². The number of phenols is 1. The summed E-state index contributed by atoms with van der Waals surface area (Å²) in [6, 6.07) is 6.56. The predicted molar refractivity (Wildman–Crippen MR) is 83.2 cm³/mol. The van der Waals surface area contributed by atoms with Crippen LogP contribution in [0.5, 0.6) is 5.75 Å². The topological polar surface area (TPSA) is 80.0 Å². The molecule has 22 heavy (non-hydrogen) atoms. The number of aryl methyl sites for hydroxylation is 1. The number of carbonyl (C=O) groups excluding carboxylic acids is 1. The third-order valence-electron chi connectivity index (χ3n) is 3.38. The second-order valence-electron chi connectivity index (χ2n) is 5.84. The highest BCUT2D eigenvalue weighted by molar-refractivity contribution is 5.79. The fourth-order valence-corrected chi connectivity index (χ4v) is 2.42. The lowest BCUT2D eigenvalue weighted by Gasteiger charge is -2.20. The molecule has 118 valence electrons. The van der Waals surface area contributed by atoms with Gasteiger partial charge in [-0.25, -0.2) is 4.98 Å². The summed E-state index contributed by atoms with van der Waals surface area (Å²) >= 11 is 0. The average Bonchev–Trinajstić information content (AvgIpc) is 2.83. The van der Waals surface area contributed by atoms with Crippen molar-refractivity contribution in [2.45, 2.75) is 32.7 Å². The number of hydrogen-bond acceptors (Lipinski definition) is 4. The van der Waals surface area contributed by atoms with Crippen molar-refractivity contribution in [3.05, 3.63) is 42.0 Å². The molecule has 0 spiro atoms. The Morgan fingerprint density at radius 2 is 2.18 bits per heavy atom. The van der Waals surface area contributed by atoms with Crippen LogP contribution < -0.4 is 5.32 Å². The van der Waals surface area contributed by atoms with E-state index in [-0.39, 0.29) is 24.1 Å². The smallest absolute Gasteiger partial charge is 0.225 e. The van der Waals surface area contributed by atoms with Crippen molar-refractivity contribution in [1.29, 1.82) is 0 Å². The Bertz CT molecular complexity index is 637. The SMILES string of the molecule is CC(C)CC(NC(=O)Cc1cccc(O)c1)c1ncnn1C. The zero-order valence-electron chi connectivity index (χ0n) is 13.2. The Balaban J connectivity index is 2.06. The summed E-state index contributed by atoms with van der Waals surface area (Å²) in [6.45, 7) is 4.20. The molecular weight excluding hydrogens is 280 g/mol. The first-order chi connectivity index (χ1) is 10.5. The number of rotatable bonds is 6. The highest BCUT2D eigenvalue weighted by atomic mass is 16.3. The summed E-state index contributed by atoms with van der Waals surface area (Å²) in [6.07, 6.45) is 2.50. The summed E-state index contributed by atoms with van der Waals surface area (Å²) < 4.78 is 1.68. The Hall–Kier alpha value is -2.37. The molecule has 0 saturated carbocycles. The minimum atomic E-state index is -0.169. The van der Waals surface area contributed by atoms with E-state index in [0.29, 0.717) is 5.92 Å². The number of benzene rings is 1. The number of aromatic nitrogens is 3. The van der Waals surface area contributed by atoms with Crippen LogP contribution in [0.25, 0.3) is 0 Å². The maximum Gasteiger partial charge on any atom is 0.225 e. The van der Waals surface area contributed by atoms with Crippen molar-refractivity contribution >= 4 is 5.91 Å². The second-order valence-corrected chi connectivity index (χ2v) is 5.84. The minimum Gasteiger partial charge on any atom is -0.508 e.